The lowest BCUT2D eigenvalue weighted by atomic mass is 10.0. The van der Waals surface area contributed by atoms with Crippen LogP contribution in [-0.2, 0) is 4.79 Å². The zero-order chi connectivity index (χ0) is 20.1. The summed E-state index contributed by atoms with van der Waals surface area (Å²) < 4.78 is 0. The van der Waals surface area contributed by atoms with E-state index < -0.39 is 0 Å². The topological polar surface area (TPSA) is 36.8 Å². The number of rotatable bonds is 5. The van der Waals surface area contributed by atoms with Crippen LogP contribution in [0.5, 0.6) is 0 Å². The Bertz CT molecular complexity index is 963. The van der Waals surface area contributed by atoms with Gasteiger partial charge in [-0.3, -0.25) is 4.79 Å². The predicted octanol–water partition coefficient (Wildman–Crippen LogP) is 3.01. The molecule has 2 N–H and O–H groups in total. The molecule has 0 atom stereocenters. The molecular weight excluding hydrogens is 358 g/mol. The minimum absolute atomic E-state index is 0.0766. The van der Waals surface area contributed by atoms with Crippen molar-refractivity contribution in [2.24, 2.45) is 0 Å². The van der Waals surface area contributed by atoms with E-state index >= 15 is 0 Å². The molecule has 148 valence electrons. The van der Waals surface area contributed by atoms with Crippen molar-refractivity contribution in [1.29, 1.82) is 0 Å². The van der Waals surface area contributed by atoms with Gasteiger partial charge >= 0.3 is 0 Å². The van der Waals surface area contributed by atoms with Crippen molar-refractivity contribution in [2.75, 3.05) is 42.9 Å². The molecule has 0 radical (unpaired) electrons. The molecule has 1 saturated heterocycles. The number of carbonyl (C=O) groups is 1. The average Bonchev–Trinajstić information content (AvgIpc) is 2.76. The standard InChI is InChI=1S/C25H27N3O/c1-20-9-5-8-14-24(20)28-17-15-27(16-18-28)19-25(29)26-23-13-7-6-12-22(23)21-10-3-2-4-11-21/h2-14H,15-19H2,1H3,(H,26,29)/p+1. The van der Waals surface area contributed by atoms with E-state index in [9.17, 15) is 4.79 Å². The number of hydrogen-bond acceptors (Lipinski definition) is 2. The van der Waals surface area contributed by atoms with Crippen molar-refractivity contribution in [3.63, 3.8) is 0 Å². The van der Waals surface area contributed by atoms with Gasteiger partial charge in [-0.2, -0.15) is 0 Å². The first-order valence-corrected chi connectivity index (χ1v) is 10.3. The number of aryl methyl sites for hydroxylation is 1. The average molecular weight is 387 g/mol. The summed E-state index contributed by atoms with van der Waals surface area (Å²) in [6, 6.07) is 26.7. The molecule has 4 nitrogen and oxygen atoms in total. The highest BCUT2D eigenvalue weighted by atomic mass is 16.2. The van der Waals surface area contributed by atoms with E-state index in [4.69, 9.17) is 0 Å². The summed E-state index contributed by atoms with van der Waals surface area (Å²) in [7, 11) is 0. The van der Waals surface area contributed by atoms with Crippen LogP contribution in [0.1, 0.15) is 5.56 Å². The van der Waals surface area contributed by atoms with E-state index in [-0.39, 0.29) is 5.91 Å². The van der Waals surface area contributed by atoms with E-state index in [1.165, 1.54) is 16.2 Å². The summed E-state index contributed by atoms with van der Waals surface area (Å²) in [4.78, 5) is 16.5. The first kappa shape index (κ1) is 19.2. The zero-order valence-electron chi connectivity index (χ0n) is 16.9. The van der Waals surface area contributed by atoms with Crippen molar-refractivity contribution in [1.82, 2.24) is 0 Å². The molecule has 0 aromatic heterocycles. The Hall–Kier alpha value is -3.11. The van der Waals surface area contributed by atoms with Crippen LogP contribution < -0.4 is 15.1 Å². The number of nitrogens with one attached hydrogen (secondary N) is 2. The van der Waals surface area contributed by atoms with Crippen molar-refractivity contribution in [3.8, 4) is 11.1 Å². The third kappa shape index (κ3) is 4.66. The van der Waals surface area contributed by atoms with Crippen molar-refractivity contribution in [2.45, 2.75) is 6.92 Å². The number of nitrogens with zero attached hydrogens (tertiary/aromatic N) is 1. The van der Waals surface area contributed by atoms with Gasteiger partial charge in [0, 0.05) is 16.9 Å². The summed E-state index contributed by atoms with van der Waals surface area (Å²) in [6.07, 6.45) is 0. The number of piperazine rings is 1. The highest BCUT2D eigenvalue weighted by Gasteiger charge is 2.23. The normalized spacial score (nSPS) is 14.6. The van der Waals surface area contributed by atoms with Gasteiger partial charge in [-0.1, -0.05) is 66.7 Å². The van der Waals surface area contributed by atoms with E-state index in [1.807, 2.05) is 36.4 Å². The van der Waals surface area contributed by atoms with Gasteiger partial charge in [-0.05, 0) is 30.2 Å². The van der Waals surface area contributed by atoms with Crippen molar-refractivity contribution < 1.29 is 9.69 Å². The van der Waals surface area contributed by atoms with Gasteiger partial charge in [0.1, 0.15) is 0 Å². The lowest BCUT2D eigenvalue weighted by Crippen LogP contribution is -3.15. The first-order chi connectivity index (χ1) is 14.2. The maximum atomic E-state index is 12.7. The molecule has 0 aliphatic carbocycles. The highest BCUT2D eigenvalue weighted by molar-refractivity contribution is 5.96. The third-order valence-electron chi connectivity index (χ3n) is 5.62. The molecule has 1 aliphatic rings. The number of anilines is 2. The minimum atomic E-state index is 0.0766. The van der Waals surface area contributed by atoms with Crippen LogP contribution >= 0.6 is 0 Å². The maximum absolute atomic E-state index is 12.7. The smallest absolute Gasteiger partial charge is 0.279 e. The van der Waals surface area contributed by atoms with Gasteiger partial charge in [0.15, 0.2) is 6.54 Å². The molecular formula is C25H28N3O+. The molecule has 0 unspecified atom stereocenters. The Labute approximate surface area is 172 Å². The molecule has 4 rings (SSSR count). The van der Waals surface area contributed by atoms with Gasteiger partial charge in [-0.25, -0.2) is 0 Å². The largest absolute Gasteiger partial charge is 0.360 e. The second-order valence-electron chi connectivity index (χ2n) is 7.66. The molecule has 0 saturated carbocycles. The van der Waals surface area contributed by atoms with Gasteiger partial charge < -0.3 is 15.1 Å². The fraction of sp³-hybridized carbons (Fsp3) is 0.240. The molecule has 3 aromatic rings. The Balaban J connectivity index is 1.35. The fourth-order valence-corrected chi connectivity index (χ4v) is 4.04. The van der Waals surface area contributed by atoms with E-state index in [0.29, 0.717) is 6.54 Å². The van der Waals surface area contributed by atoms with Crippen molar-refractivity contribution in [3.05, 3.63) is 84.4 Å². The molecule has 4 heteroatoms. The minimum Gasteiger partial charge on any atom is -0.360 e. The summed E-state index contributed by atoms with van der Waals surface area (Å²) in [5.41, 5.74) is 5.67. The fourth-order valence-electron chi connectivity index (χ4n) is 4.04. The molecule has 29 heavy (non-hydrogen) atoms. The van der Waals surface area contributed by atoms with Crippen molar-refractivity contribution >= 4 is 17.3 Å². The summed E-state index contributed by atoms with van der Waals surface area (Å²) in [6.45, 7) is 6.57. The Morgan fingerprint density at radius 1 is 0.897 bits per heavy atom. The Morgan fingerprint density at radius 2 is 1.55 bits per heavy atom. The van der Waals surface area contributed by atoms with Crippen LogP contribution in [0.2, 0.25) is 0 Å². The second-order valence-corrected chi connectivity index (χ2v) is 7.66. The van der Waals surface area contributed by atoms with Gasteiger partial charge in [-0.15, -0.1) is 0 Å². The molecule has 1 aliphatic heterocycles. The molecule has 1 heterocycles. The number of hydrogen-bond donors (Lipinski definition) is 2. The SMILES string of the molecule is Cc1ccccc1N1CC[NH+](CC(=O)Nc2ccccc2-c2ccccc2)CC1. The van der Waals surface area contributed by atoms with Crippen LogP contribution in [0.25, 0.3) is 11.1 Å². The van der Waals surface area contributed by atoms with Crippen LogP contribution in [-0.4, -0.2) is 38.6 Å². The predicted molar refractivity (Wildman–Crippen MR) is 119 cm³/mol. The summed E-state index contributed by atoms with van der Waals surface area (Å²) in [5, 5.41) is 3.13. The molecule has 0 bridgehead atoms. The van der Waals surface area contributed by atoms with Crippen LogP contribution in [0.3, 0.4) is 0 Å². The van der Waals surface area contributed by atoms with Gasteiger partial charge in [0.2, 0.25) is 0 Å². The molecule has 1 fully saturated rings. The number of benzene rings is 3. The van der Waals surface area contributed by atoms with E-state index in [1.54, 1.807) is 0 Å². The first-order valence-electron chi connectivity index (χ1n) is 10.3. The van der Waals surface area contributed by atoms with E-state index in [0.717, 1.165) is 43.0 Å². The van der Waals surface area contributed by atoms with Crippen LogP contribution in [0.15, 0.2) is 78.9 Å². The third-order valence-corrected chi connectivity index (χ3v) is 5.62. The zero-order valence-corrected chi connectivity index (χ0v) is 16.9. The summed E-state index contributed by atoms with van der Waals surface area (Å²) in [5.74, 6) is 0.0766. The van der Waals surface area contributed by atoms with Gasteiger partial charge in [0.25, 0.3) is 5.91 Å². The number of para-hydroxylation sites is 2. The Morgan fingerprint density at radius 3 is 2.31 bits per heavy atom. The van der Waals surface area contributed by atoms with Gasteiger partial charge in [0.05, 0.1) is 26.2 Å². The quantitative estimate of drug-likeness (QED) is 0.707. The second kappa shape index (κ2) is 8.93. The molecule has 0 spiro atoms. The van der Waals surface area contributed by atoms with Crippen LogP contribution in [0.4, 0.5) is 11.4 Å². The number of quaternary nitrogens is 1. The number of carbonyl (C=O) groups excluding carboxylic acids is 1. The lowest BCUT2D eigenvalue weighted by Gasteiger charge is -2.34. The summed E-state index contributed by atoms with van der Waals surface area (Å²) >= 11 is 0. The van der Waals surface area contributed by atoms with Crippen LogP contribution in [0, 0.1) is 6.92 Å². The molecule has 3 aromatic carbocycles. The van der Waals surface area contributed by atoms with E-state index in [2.05, 4.69) is 59.6 Å². The lowest BCUT2D eigenvalue weighted by molar-refractivity contribution is -0.892. The molecule has 1 amide bonds. The maximum Gasteiger partial charge on any atom is 0.279 e. The highest BCUT2D eigenvalue weighted by Crippen LogP contribution is 2.27. The Kier molecular flexibility index (Phi) is 5.92. The number of amides is 1. The monoisotopic (exact) mass is 386 g/mol.